The van der Waals surface area contributed by atoms with Gasteiger partial charge in [0.2, 0.25) is 11.7 Å². The number of nitrogens with one attached hydrogen (secondary N) is 1. The van der Waals surface area contributed by atoms with Crippen LogP contribution in [0.4, 0.5) is 13.2 Å². The van der Waals surface area contributed by atoms with Crippen molar-refractivity contribution in [3.05, 3.63) is 35.5 Å². The lowest BCUT2D eigenvalue weighted by molar-refractivity contribution is 0.347. The van der Waals surface area contributed by atoms with E-state index < -0.39 is 17.5 Å². The summed E-state index contributed by atoms with van der Waals surface area (Å²) in [6.07, 6.45) is 0. The summed E-state index contributed by atoms with van der Waals surface area (Å²) in [6, 6.07) is 1.44. The first-order valence-electron chi connectivity index (χ1n) is 5.18. The minimum atomic E-state index is -1.52. The molecule has 1 aromatic heterocycles. The molecule has 4 nitrogen and oxygen atoms in total. The molecule has 1 unspecified atom stereocenters. The third kappa shape index (κ3) is 2.21. The minimum absolute atomic E-state index is 0.00454. The number of rotatable bonds is 3. The predicted molar refractivity (Wildman–Crippen MR) is 57.1 cm³/mol. The zero-order valence-corrected chi connectivity index (χ0v) is 9.67. The highest BCUT2D eigenvalue weighted by Gasteiger charge is 2.17. The zero-order valence-electron chi connectivity index (χ0n) is 9.67. The lowest BCUT2D eigenvalue weighted by Gasteiger charge is -2.01. The van der Waals surface area contributed by atoms with Crippen molar-refractivity contribution in [2.45, 2.75) is 13.0 Å². The van der Waals surface area contributed by atoms with E-state index in [2.05, 4.69) is 15.5 Å². The summed E-state index contributed by atoms with van der Waals surface area (Å²) in [6.45, 7) is 1.78. The molecule has 1 atom stereocenters. The third-order valence-corrected chi connectivity index (χ3v) is 2.49. The topological polar surface area (TPSA) is 51.0 Å². The summed E-state index contributed by atoms with van der Waals surface area (Å²) in [5, 5.41) is 6.46. The summed E-state index contributed by atoms with van der Waals surface area (Å²) in [7, 11) is 1.70. The number of hydrogen-bond donors (Lipinski definition) is 1. The molecule has 0 spiro atoms. The van der Waals surface area contributed by atoms with Crippen molar-refractivity contribution in [1.82, 2.24) is 15.5 Å². The Hall–Kier alpha value is -1.89. The van der Waals surface area contributed by atoms with E-state index in [0.29, 0.717) is 0 Å². The van der Waals surface area contributed by atoms with E-state index in [-0.39, 0.29) is 23.3 Å². The monoisotopic (exact) mass is 257 g/mol. The Labute approximate surface area is 101 Å². The second-order valence-corrected chi connectivity index (χ2v) is 3.72. The van der Waals surface area contributed by atoms with Crippen LogP contribution in [0.2, 0.25) is 0 Å². The van der Waals surface area contributed by atoms with Crippen LogP contribution in [0.5, 0.6) is 0 Å². The van der Waals surface area contributed by atoms with Gasteiger partial charge in [0.05, 0.1) is 6.04 Å². The first-order valence-corrected chi connectivity index (χ1v) is 5.18. The van der Waals surface area contributed by atoms with Gasteiger partial charge >= 0.3 is 0 Å². The maximum absolute atomic E-state index is 13.0. The van der Waals surface area contributed by atoms with Crippen LogP contribution in [-0.2, 0) is 0 Å². The Morgan fingerprint density at radius 3 is 2.39 bits per heavy atom. The van der Waals surface area contributed by atoms with Crippen molar-refractivity contribution in [1.29, 1.82) is 0 Å². The van der Waals surface area contributed by atoms with Gasteiger partial charge in [-0.2, -0.15) is 4.98 Å². The van der Waals surface area contributed by atoms with Gasteiger partial charge in [-0.1, -0.05) is 5.16 Å². The first-order chi connectivity index (χ1) is 8.52. The molecule has 0 radical (unpaired) electrons. The van der Waals surface area contributed by atoms with E-state index in [1.807, 2.05) is 0 Å². The second kappa shape index (κ2) is 4.77. The van der Waals surface area contributed by atoms with Gasteiger partial charge in [0.1, 0.15) is 0 Å². The molecule has 0 aliphatic heterocycles. The van der Waals surface area contributed by atoms with Crippen molar-refractivity contribution in [2.75, 3.05) is 7.05 Å². The van der Waals surface area contributed by atoms with Crippen LogP contribution < -0.4 is 5.32 Å². The van der Waals surface area contributed by atoms with Gasteiger partial charge in [-0.25, -0.2) is 13.2 Å². The summed E-state index contributed by atoms with van der Waals surface area (Å²) in [5.41, 5.74) is 0.0182. The molecular formula is C11H10F3N3O. The van der Waals surface area contributed by atoms with Gasteiger partial charge < -0.3 is 9.84 Å². The highest BCUT2D eigenvalue weighted by Crippen LogP contribution is 2.22. The average molecular weight is 257 g/mol. The van der Waals surface area contributed by atoms with Gasteiger partial charge in [-0.3, -0.25) is 0 Å². The molecular weight excluding hydrogens is 247 g/mol. The fraction of sp³-hybridized carbons (Fsp3) is 0.273. The molecule has 7 heteroatoms. The average Bonchev–Trinajstić information content (AvgIpc) is 2.84. The number of aromatic nitrogens is 2. The van der Waals surface area contributed by atoms with Crippen LogP contribution in [0, 0.1) is 17.5 Å². The fourth-order valence-corrected chi connectivity index (χ4v) is 1.34. The molecule has 1 heterocycles. The molecule has 96 valence electrons. The summed E-state index contributed by atoms with van der Waals surface area (Å²) in [4.78, 5) is 3.97. The summed E-state index contributed by atoms with van der Waals surface area (Å²) < 4.78 is 43.8. The van der Waals surface area contributed by atoms with E-state index in [9.17, 15) is 13.2 Å². The van der Waals surface area contributed by atoms with E-state index in [1.165, 1.54) is 0 Å². The lowest BCUT2D eigenvalue weighted by Crippen LogP contribution is -2.12. The van der Waals surface area contributed by atoms with Gasteiger partial charge in [-0.05, 0) is 26.1 Å². The molecule has 1 aromatic carbocycles. The molecule has 0 amide bonds. The Bertz CT molecular complexity index is 547. The smallest absolute Gasteiger partial charge is 0.243 e. The summed E-state index contributed by atoms with van der Waals surface area (Å²) in [5.74, 6) is -3.83. The third-order valence-electron chi connectivity index (χ3n) is 2.49. The molecule has 2 aromatic rings. The molecule has 2 rings (SSSR count). The van der Waals surface area contributed by atoms with Crippen LogP contribution in [-0.4, -0.2) is 17.2 Å². The predicted octanol–water partition coefficient (Wildman–Crippen LogP) is 2.43. The highest BCUT2D eigenvalue weighted by atomic mass is 19.2. The van der Waals surface area contributed by atoms with E-state index >= 15 is 0 Å². The first kappa shape index (κ1) is 12.6. The zero-order chi connectivity index (χ0) is 13.3. The summed E-state index contributed by atoms with van der Waals surface area (Å²) >= 11 is 0. The molecule has 18 heavy (non-hydrogen) atoms. The van der Waals surface area contributed by atoms with Crippen LogP contribution in [0.25, 0.3) is 11.4 Å². The molecule has 1 N–H and O–H groups in total. The Balaban J connectivity index is 2.40. The maximum atomic E-state index is 13.0. The number of halogens is 3. The van der Waals surface area contributed by atoms with Crippen molar-refractivity contribution in [2.24, 2.45) is 0 Å². The minimum Gasteiger partial charge on any atom is -0.337 e. The molecule has 0 aliphatic carbocycles. The number of benzene rings is 1. The van der Waals surface area contributed by atoms with Crippen LogP contribution in [0.15, 0.2) is 16.7 Å². The number of nitrogens with zero attached hydrogens (tertiary/aromatic N) is 2. The highest BCUT2D eigenvalue weighted by molar-refractivity contribution is 5.54. The largest absolute Gasteiger partial charge is 0.337 e. The van der Waals surface area contributed by atoms with Crippen molar-refractivity contribution < 1.29 is 17.7 Å². The van der Waals surface area contributed by atoms with Gasteiger partial charge in [0.25, 0.3) is 0 Å². The Morgan fingerprint density at radius 2 is 1.83 bits per heavy atom. The molecule has 0 fully saturated rings. The molecule has 0 bridgehead atoms. The van der Waals surface area contributed by atoms with Crippen molar-refractivity contribution >= 4 is 0 Å². The van der Waals surface area contributed by atoms with Gasteiger partial charge in [-0.15, -0.1) is 0 Å². The standard InChI is InChI=1S/C11H10F3N3O/c1-5(15-2)11-16-10(17-18-11)6-3-7(12)9(14)8(13)4-6/h3-5,15H,1-2H3. The lowest BCUT2D eigenvalue weighted by atomic mass is 10.2. The Morgan fingerprint density at radius 1 is 1.22 bits per heavy atom. The van der Waals surface area contributed by atoms with Crippen LogP contribution in [0.3, 0.4) is 0 Å². The second-order valence-electron chi connectivity index (χ2n) is 3.72. The normalized spacial score (nSPS) is 12.7. The fourth-order valence-electron chi connectivity index (χ4n) is 1.34. The molecule has 0 saturated carbocycles. The SMILES string of the molecule is CNC(C)c1nc(-c2cc(F)c(F)c(F)c2)no1. The van der Waals surface area contributed by atoms with E-state index in [4.69, 9.17) is 4.52 Å². The van der Waals surface area contributed by atoms with E-state index in [0.717, 1.165) is 12.1 Å². The van der Waals surface area contributed by atoms with E-state index in [1.54, 1.807) is 14.0 Å². The van der Waals surface area contributed by atoms with Crippen molar-refractivity contribution in [3.8, 4) is 11.4 Å². The van der Waals surface area contributed by atoms with Crippen LogP contribution >= 0.6 is 0 Å². The Kier molecular flexibility index (Phi) is 3.33. The van der Waals surface area contributed by atoms with Crippen molar-refractivity contribution in [3.63, 3.8) is 0 Å². The molecule has 0 saturated heterocycles. The van der Waals surface area contributed by atoms with Gasteiger partial charge in [0.15, 0.2) is 17.5 Å². The quantitative estimate of drug-likeness (QED) is 0.858. The van der Waals surface area contributed by atoms with Gasteiger partial charge in [0, 0.05) is 5.56 Å². The maximum Gasteiger partial charge on any atom is 0.243 e. The molecule has 0 aliphatic rings. The number of hydrogen-bond acceptors (Lipinski definition) is 4. The van der Waals surface area contributed by atoms with Crippen LogP contribution in [0.1, 0.15) is 18.9 Å².